The maximum absolute atomic E-state index is 13.3. The van der Waals surface area contributed by atoms with Crippen molar-refractivity contribution in [3.05, 3.63) is 29.8 Å². The van der Waals surface area contributed by atoms with E-state index in [0.717, 1.165) is 12.1 Å². The third-order valence-corrected chi connectivity index (χ3v) is 6.01. The highest BCUT2D eigenvalue weighted by Crippen LogP contribution is 2.22. The van der Waals surface area contributed by atoms with Gasteiger partial charge in [0, 0.05) is 30.9 Å². The van der Waals surface area contributed by atoms with Crippen LogP contribution in [0.15, 0.2) is 18.2 Å². The second-order valence-electron chi connectivity index (χ2n) is 6.12. The highest BCUT2D eigenvalue weighted by Gasteiger charge is 2.33. The van der Waals surface area contributed by atoms with E-state index in [2.05, 4.69) is 5.32 Å². The van der Waals surface area contributed by atoms with Crippen LogP contribution in [0.2, 0.25) is 0 Å². The number of sulfone groups is 1. The minimum Gasteiger partial charge on any atom is -0.351 e. The monoisotopic (exact) mass is 373 g/mol. The fourth-order valence-electron chi connectivity index (χ4n) is 2.98. The van der Waals surface area contributed by atoms with Crippen LogP contribution < -0.4 is 10.2 Å². The van der Waals surface area contributed by atoms with Crippen LogP contribution in [-0.4, -0.2) is 62.4 Å². The lowest BCUT2D eigenvalue weighted by atomic mass is 10.2. The summed E-state index contributed by atoms with van der Waals surface area (Å²) in [5.41, 5.74) is 0.216. The van der Waals surface area contributed by atoms with Crippen molar-refractivity contribution in [3.63, 3.8) is 0 Å². The number of anilines is 1. The van der Waals surface area contributed by atoms with Gasteiger partial charge in [-0.25, -0.2) is 22.0 Å². The minimum absolute atomic E-state index is 0.0461. The Hall–Kier alpha value is -2.23. The normalized spacial score (nSPS) is 22.5. The predicted octanol–water partition coefficient (Wildman–Crippen LogP) is 0.510. The van der Waals surface area contributed by atoms with Crippen molar-refractivity contribution >= 4 is 27.5 Å². The molecule has 1 aromatic carbocycles. The number of hydrogen-bond acceptors (Lipinski definition) is 4. The van der Waals surface area contributed by atoms with Gasteiger partial charge in [0.05, 0.1) is 11.5 Å². The number of hydrogen-bond donors (Lipinski definition) is 1. The van der Waals surface area contributed by atoms with Crippen molar-refractivity contribution in [3.8, 4) is 0 Å². The lowest BCUT2D eigenvalue weighted by Crippen LogP contribution is -2.44. The molecule has 25 heavy (non-hydrogen) atoms. The van der Waals surface area contributed by atoms with E-state index < -0.39 is 39.5 Å². The molecule has 0 saturated carbocycles. The van der Waals surface area contributed by atoms with Crippen molar-refractivity contribution < 1.29 is 26.8 Å². The molecule has 136 valence electrons. The Morgan fingerprint density at radius 3 is 2.64 bits per heavy atom. The van der Waals surface area contributed by atoms with Gasteiger partial charge < -0.3 is 10.2 Å². The number of amides is 3. The zero-order valence-corrected chi connectivity index (χ0v) is 14.1. The number of urea groups is 1. The maximum Gasteiger partial charge on any atom is 0.325 e. The molecule has 3 amide bonds. The van der Waals surface area contributed by atoms with Gasteiger partial charge >= 0.3 is 6.03 Å². The molecular weight excluding hydrogens is 356 g/mol. The Bertz CT molecular complexity index is 815. The van der Waals surface area contributed by atoms with Gasteiger partial charge in [-0.05, 0) is 18.6 Å². The number of halogens is 2. The Kier molecular flexibility index (Phi) is 4.63. The zero-order valence-electron chi connectivity index (χ0n) is 13.2. The van der Waals surface area contributed by atoms with Gasteiger partial charge in [0.1, 0.15) is 6.54 Å². The molecule has 2 aliphatic rings. The SMILES string of the molecule is O=C(CN1CCN(c2ccc(F)c(F)c2)C1=O)N[C@H]1CCS(=O)(=O)C1. The van der Waals surface area contributed by atoms with E-state index >= 15 is 0 Å². The van der Waals surface area contributed by atoms with Crippen molar-refractivity contribution in [2.24, 2.45) is 0 Å². The molecule has 0 radical (unpaired) electrons. The van der Waals surface area contributed by atoms with E-state index in [4.69, 9.17) is 0 Å². The first-order valence-electron chi connectivity index (χ1n) is 7.76. The molecule has 0 aliphatic carbocycles. The molecule has 2 aliphatic heterocycles. The van der Waals surface area contributed by atoms with E-state index in [9.17, 15) is 26.8 Å². The highest BCUT2D eigenvalue weighted by atomic mass is 32.2. The molecule has 3 rings (SSSR count). The lowest BCUT2D eigenvalue weighted by Gasteiger charge is -2.19. The molecule has 2 heterocycles. The molecule has 1 atom stereocenters. The summed E-state index contributed by atoms with van der Waals surface area (Å²) in [6.07, 6.45) is 0.364. The Balaban J connectivity index is 1.58. The first-order chi connectivity index (χ1) is 11.7. The van der Waals surface area contributed by atoms with Gasteiger partial charge in [0.15, 0.2) is 21.5 Å². The molecular formula is C15H17F2N3O4S. The molecule has 1 aromatic rings. The summed E-state index contributed by atoms with van der Waals surface area (Å²) in [7, 11) is -3.10. The topological polar surface area (TPSA) is 86.8 Å². The molecule has 0 aromatic heterocycles. The van der Waals surface area contributed by atoms with Crippen LogP contribution in [-0.2, 0) is 14.6 Å². The zero-order chi connectivity index (χ0) is 18.2. The molecule has 2 fully saturated rings. The quantitative estimate of drug-likeness (QED) is 0.833. The Morgan fingerprint density at radius 1 is 1.24 bits per heavy atom. The third-order valence-electron chi connectivity index (χ3n) is 4.24. The lowest BCUT2D eigenvalue weighted by molar-refractivity contribution is -0.122. The minimum atomic E-state index is -3.10. The number of carbonyl (C=O) groups is 2. The average Bonchev–Trinajstić information content (AvgIpc) is 3.05. The van der Waals surface area contributed by atoms with Gasteiger partial charge in [-0.15, -0.1) is 0 Å². The Labute approximate surface area is 143 Å². The van der Waals surface area contributed by atoms with Gasteiger partial charge in [0.2, 0.25) is 5.91 Å². The molecule has 0 bridgehead atoms. The number of carbonyl (C=O) groups excluding carboxylic acids is 2. The van der Waals surface area contributed by atoms with E-state index in [0.29, 0.717) is 6.42 Å². The van der Waals surface area contributed by atoms with Crippen molar-refractivity contribution in [2.75, 3.05) is 36.0 Å². The number of rotatable bonds is 4. The van der Waals surface area contributed by atoms with Gasteiger partial charge in [0.25, 0.3) is 0 Å². The molecule has 0 spiro atoms. The van der Waals surface area contributed by atoms with E-state index in [1.807, 2.05) is 0 Å². The molecule has 10 heteroatoms. The van der Waals surface area contributed by atoms with Gasteiger partial charge in [-0.2, -0.15) is 0 Å². The molecule has 0 unspecified atom stereocenters. The smallest absolute Gasteiger partial charge is 0.325 e. The van der Waals surface area contributed by atoms with Crippen LogP contribution in [0, 0.1) is 11.6 Å². The second kappa shape index (κ2) is 6.58. The van der Waals surface area contributed by atoms with Gasteiger partial charge in [-0.1, -0.05) is 0 Å². The second-order valence-corrected chi connectivity index (χ2v) is 8.35. The standard InChI is InChI=1S/C15H17F2N3O4S/c16-12-2-1-11(7-13(12)17)20-5-4-19(15(20)22)8-14(21)18-10-3-6-25(23,24)9-10/h1-2,7,10H,3-6,8-9H2,(H,18,21)/t10-/m0/s1. The average molecular weight is 373 g/mol. The summed E-state index contributed by atoms with van der Waals surface area (Å²) in [4.78, 5) is 26.9. The van der Waals surface area contributed by atoms with Crippen LogP contribution in [0.25, 0.3) is 0 Å². The van der Waals surface area contributed by atoms with Crippen LogP contribution in [0.1, 0.15) is 6.42 Å². The van der Waals surface area contributed by atoms with E-state index in [1.165, 1.54) is 15.9 Å². The Morgan fingerprint density at radius 2 is 2.00 bits per heavy atom. The maximum atomic E-state index is 13.3. The molecule has 7 nitrogen and oxygen atoms in total. The molecule has 1 N–H and O–H groups in total. The van der Waals surface area contributed by atoms with Crippen LogP contribution in [0.4, 0.5) is 19.3 Å². The van der Waals surface area contributed by atoms with Crippen LogP contribution in [0.5, 0.6) is 0 Å². The fourth-order valence-corrected chi connectivity index (χ4v) is 4.65. The summed E-state index contributed by atoms with van der Waals surface area (Å²) >= 11 is 0. The van der Waals surface area contributed by atoms with Crippen LogP contribution >= 0.6 is 0 Å². The summed E-state index contributed by atoms with van der Waals surface area (Å²) in [5, 5.41) is 2.61. The summed E-state index contributed by atoms with van der Waals surface area (Å²) < 4.78 is 49.1. The summed E-state index contributed by atoms with van der Waals surface area (Å²) in [6.45, 7) is 0.290. The van der Waals surface area contributed by atoms with Crippen molar-refractivity contribution in [1.29, 1.82) is 0 Å². The first kappa shape index (κ1) is 17.6. The largest absolute Gasteiger partial charge is 0.351 e. The third kappa shape index (κ3) is 3.89. The number of benzene rings is 1. The predicted molar refractivity (Wildman–Crippen MR) is 85.9 cm³/mol. The fraction of sp³-hybridized carbons (Fsp3) is 0.467. The van der Waals surface area contributed by atoms with Crippen LogP contribution in [0.3, 0.4) is 0 Å². The van der Waals surface area contributed by atoms with Crippen molar-refractivity contribution in [2.45, 2.75) is 12.5 Å². The first-order valence-corrected chi connectivity index (χ1v) is 9.58. The van der Waals surface area contributed by atoms with Gasteiger partial charge in [-0.3, -0.25) is 9.69 Å². The van der Waals surface area contributed by atoms with E-state index in [1.54, 1.807) is 0 Å². The van der Waals surface area contributed by atoms with E-state index in [-0.39, 0.29) is 36.8 Å². The number of nitrogens with zero attached hydrogens (tertiary/aromatic N) is 2. The molecule has 2 saturated heterocycles. The highest BCUT2D eigenvalue weighted by molar-refractivity contribution is 7.91. The van der Waals surface area contributed by atoms with Crippen molar-refractivity contribution in [1.82, 2.24) is 10.2 Å². The number of nitrogens with one attached hydrogen (secondary N) is 1. The summed E-state index contributed by atoms with van der Waals surface area (Å²) in [5.74, 6) is -2.54. The summed E-state index contributed by atoms with van der Waals surface area (Å²) in [6, 6.07) is 2.25.